The molecule has 1 heterocycles. The molecule has 0 spiro atoms. The van der Waals surface area contributed by atoms with Crippen LogP contribution in [0.5, 0.6) is 5.75 Å². The van der Waals surface area contributed by atoms with Crippen LogP contribution in [0.1, 0.15) is 18.1 Å². The molecule has 0 bridgehead atoms. The standard InChI is InChI=1S/C15H15BrN2O/c1-2-10-3-8-14-13(9-10)18-15(17,19-14)11-4-6-12(16)7-5-11/h3-9,18H,2,17H2,1H3. The van der Waals surface area contributed by atoms with E-state index in [9.17, 15) is 0 Å². The van der Waals surface area contributed by atoms with Crippen molar-refractivity contribution in [2.24, 2.45) is 5.73 Å². The lowest BCUT2D eigenvalue weighted by molar-refractivity contribution is 0.126. The predicted octanol–water partition coefficient (Wildman–Crippen LogP) is 3.59. The minimum atomic E-state index is -0.991. The van der Waals surface area contributed by atoms with Crippen LogP contribution < -0.4 is 15.8 Å². The molecular weight excluding hydrogens is 304 g/mol. The molecule has 0 saturated heterocycles. The van der Waals surface area contributed by atoms with Crippen LogP contribution in [0.4, 0.5) is 5.69 Å². The molecule has 2 aromatic rings. The first-order valence-electron chi connectivity index (χ1n) is 6.26. The maximum absolute atomic E-state index is 6.32. The summed E-state index contributed by atoms with van der Waals surface area (Å²) in [5.74, 6) is -0.197. The Balaban J connectivity index is 1.95. The van der Waals surface area contributed by atoms with E-state index < -0.39 is 5.85 Å². The van der Waals surface area contributed by atoms with Crippen LogP contribution in [0.3, 0.4) is 0 Å². The van der Waals surface area contributed by atoms with Crippen LogP contribution in [0, 0.1) is 0 Å². The number of anilines is 1. The number of halogens is 1. The van der Waals surface area contributed by atoms with Gasteiger partial charge in [-0.05, 0) is 36.2 Å². The average Bonchev–Trinajstić information content (AvgIpc) is 2.75. The highest BCUT2D eigenvalue weighted by Crippen LogP contribution is 2.39. The molecule has 1 aliphatic heterocycles. The third-order valence-electron chi connectivity index (χ3n) is 3.32. The first kappa shape index (κ1) is 12.5. The number of nitrogens with one attached hydrogen (secondary N) is 1. The molecular formula is C15H15BrN2O. The molecule has 19 heavy (non-hydrogen) atoms. The van der Waals surface area contributed by atoms with Crippen LogP contribution in [0.2, 0.25) is 0 Å². The van der Waals surface area contributed by atoms with E-state index in [4.69, 9.17) is 10.5 Å². The summed E-state index contributed by atoms with van der Waals surface area (Å²) in [6.45, 7) is 2.13. The number of fused-ring (bicyclic) bond motifs is 1. The molecule has 1 aliphatic rings. The van der Waals surface area contributed by atoms with Gasteiger partial charge in [-0.2, -0.15) is 0 Å². The Bertz CT molecular complexity index is 612. The average molecular weight is 319 g/mol. The minimum Gasteiger partial charge on any atom is -0.448 e. The SMILES string of the molecule is CCc1ccc2c(c1)NC(N)(c1ccc(Br)cc1)O2. The van der Waals surface area contributed by atoms with Crippen molar-refractivity contribution in [2.45, 2.75) is 19.2 Å². The van der Waals surface area contributed by atoms with Crippen molar-refractivity contribution in [3.63, 3.8) is 0 Å². The van der Waals surface area contributed by atoms with E-state index in [1.54, 1.807) is 0 Å². The lowest BCUT2D eigenvalue weighted by Crippen LogP contribution is -2.46. The Hall–Kier alpha value is -1.52. The molecule has 2 aromatic carbocycles. The van der Waals surface area contributed by atoms with Crippen molar-refractivity contribution in [3.8, 4) is 5.75 Å². The highest BCUT2D eigenvalue weighted by molar-refractivity contribution is 9.10. The zero-order valence-electron chi connectivity index (χ0n) is 10.6. The van der Waals surface area contributed by atoms with E-state index in [0.29, 0.717) is 0 Å². The summed E-state index contributed by atoms with van der Waals surface area (Å²) in [6, 6.07) is 13.9. The number of hydrogen-bond donors (Lipinski definition) is 2. The van der Waals surface area contributed by atoms with Gasteiger partial charge in [-0.3, -0.25) is 5.73 Å². The largest absolute Gasteiger partial charge is 0.448 e. The molecule has 0 aliphatic carbocycles. The van der Waals surface area contributed by atoms with Gasteiger partial charge in [0.25, 0.3) is 5.85 Å². The molecule has 3 N–H and O–H groups in total. The van der Waals surface area contributed by atoms with Gasteiger partial charge in [0.2, 0.25) is 0 Å². The number of ether oxygens (including phenoxy) is 1. The van der Waals surface area contributed by atoms with Gasteiger partial charge in [-0.1, -0.05) is 41.1 Å². The fraction of sp³-hybridized carbons (Fsp3) is 0.200. The summed E-state index contributed by atoms with van der Waals surface area (Å²) < 4.78 is 6.89. The molecule has 1 atom stereocenters. The van der Waals surface area contributed by atoms with Gasteiger partial charge >= 0.3 is 0 Å². The monoisotopic (exact) mass is 318 g/mol. The van der Waals surface area contributed by atoms with Gasteiger partial charge < -0.3 is 10.1 Å². The molecule has 1 unspecified atom stereocenters. The third-order valence-corrected chi connectivity index (χ3v) is 3.85. The van der Waals surface area contributed by atoms with Crippen molar-refractivity contribution in [1.82, 2.24) is 0 Å². The van der Waals surface area contributed by atoms with Crippen molar-refractivity contribution in [1.29, 1.82) is 0 Å². The molecule has 0 radical (unpaired) electrons. The highest BCUT2D eigenvalue weighted by Gasteiger charge is 2.36. The molecule has 0 fully saturated rings. The van der Waals surface area contributed by atoms with Crippen molar-refractivity contribution >= 4 is 21.6 Å². The molecule has 3 nitrogen and oxygen atoms in total. The van der Waals surface area contributed by atoms with Crippen LogP contribution in [0.15, 0.2) is 46.9 Å². The fourth-order valence-corrected chi connectivity index (χ4v) is 2.48. The molecule has 3 rings (SSSR count). The Morgan fingerprint density at radius 2 is 1.95 bits per heavy atom. The second-order valence-corrected chi connectivity index (χ2v) is 5.57. The molecule has 0 saturated carbocycles. The first-order chi connectivity index (χ1) is 9.10. The second-order valence-electron chi connectivity index (χ2n) is 4.65. The van der Waals surface area contributed by atoms with Gasteiger partial charge in [0.1, 0.15) is 5.75 Å². The van der Waals surface area contributed by atoms with Crippen LogP contribution in [-0.4, -0.2) is 0 Å². The van der Waals surface area contributed by atoms with Gasteiger partial charge in [-0.15, -0.1) is 0 Å². The number of rotatable bonds is 2. The Morgan fingerprint density at radius 3 is 2.63 bits per heavy atom. The van der Waals surface area contributed by atoms with Crippen molar-refractivity contribution < 1.29 is 4.74 Å². The topological polar surface area (TPSA) is 47.3 Å². The Kier molecular flexibility index (Phi) is 2.99. The second kappa shape index (κ2) is 4.54. The van der Waals surface area contributed by atoms with E-state index in [-0.39, 0.29) is 0 Å². The molecule has 0 amide bonds. The lowest BCUT2D eigenvalue weighted by atomic mass is 10.1. The van der Waals surface area contributed by atoms with Crippen molar-refractivity contribution in [3.05, 3.63) is 58.1 Å². The summed E-state index contributed by atoms with van der Waals surface area (Å²) in [7, 11) is 0. The van der Waals surface area contributed by atoms with E-state index in [1.165, 1.54) is 5.56 Å². The number of nitrogens with two attached hydrogens (primary N) is 1. The minimum absolute atomic E-state index is 0.794. The summed E-state index contributed by atoms with van der Waals surface area (Å²) in [5, 5.41) is 3.26. The van der Waals surface area contributed by atoms with Gasteiger partial charge in [0.15, 0.2) is 0 Å². The maximum atomic E-state index is 6.32. The Morgan fingerprint density at radius 1 is 1.21 bits per heavy atom. The van der Waals surface area contributed by atoms with E-state index >= 15 is 0 Å². The third kappa shape index (κ3) is 2.22. The molecule has 0 aromatic heterocycles. The van der Waals surface area contributed by atoms with Crippen LogP contribution >= 0.6 is 15.9 Å². The van der Waals surface area contributed by atoms with Gasteiger partial charge in [0, 0.05) is 10.0 Å². The van der Waals surface area contributed by atoms with E-state index in [2.05, 4.69) is 40.3 Å². The van der Waals surface area contributed by atoms with Crippen LogP contribution in [0.25, 0.3) is 0 Å². The zero-order valence-corrected chi connectivity index (χ0v) is 12.2. The maximum Gasteiger partial charge on any atom is 0.263 e. The van der Waals surface area contributed by atoms with Crippen LogP contribution in [-0.2, 0) is 12.3 Å². The van der Waals surface area contributed by atoms with Gasteiger partial charge in [-0.25, -0.2) is 0 Å². The number of benzene rings is 2. The normalized spacial score (nSPS) is 20.6. The molecule has 98 valence electrons. The highest BCUT2D eigenvalue weighted by atomic mass is 79.9. The number of aryl methyl sites for hydroxylation is 1. The number of hydrogen-bond acceptors (Lipinski definition) is 3. The summed E-state index contributed by atoms with van der Waals surface area (Å²) in [4.78, 5) is 0. The van der Waals surface area contributed by atoms with Gasteiger partial charge in [0.05, 0.1) is 5.69 Å². The zero-order chi connectivity index (χ0) is 13.5. The van der Waals surface area contributed by atoms with E-state index in [0.717, 1.165) is 27.9 Å². The summed E-state index contributed by atoms with van der Waals surface area (Å²) >= 11 is 3.42. The first-order valence-corrected chi connectivity index (χ1v) is 7.05. The summed E-state index contributed by atoms with van der Waals surface area (Å²) in [6.07, 6.45) is 0.991. The van der Waals surface area contributed by atoms with E-state index in [1.807, 2.05) is 30.3 Å². The summed E-state index contributed by atoms with van der Waals surface area (Å²) in [5.41, 5.74) is 9.43. The molecule has 4 heteroatoms. The quantitative estimate of drug-likeness (QED) is 0.889. The van der Waals surface area contributed by atoms with Crippen molar-refractivity contribution in [2.75, 3.05) is 5.32 Å². The lowest BCUT2D eigenvalue weighted by Gasteiger charge is -2.24. The smallest absolute Gasteiger partial charge is 0.263 e. The predicted molar refractivity (Wildman–Crippen MR) is 80.1 cm³/mol. The Labute approximate surface area is 120 Å². The fourth-order valence-electron chi connectivity index (χ4n) is 2.21.